The summed E-state index contributed by atoms with van der Waals surface area (Å²) in [6.45, 7) is 6.32. The van der Waals surface area contributed by atoms with Gasteiger partial charge < -0.3 is 14.2 Å². The minimum Gasteiger partial charge on any atom is -0.462 e. The standard InChI is InChI=1S/C77H124O6/c1-4-7-10-13-16-19-22-25-27-29-31-32-33-34-35-36-37-38-39-40-41-42-43-44-46-47-49-52-55-58-61-64-67-70-76(79)82-73-74(72-81-75(78)69-66-63-60-57-54-51-24-21-18-15-12-9-6-3)83-77(80)71-68-65-62-59-56-53-50-48-45-30-28-26-23-20-17-14-11-8-5-2/h7,9-10,12,16-21,25-28,31-32,34-35,37-38,40-41,51,54,60,63,74H,4-6,8,11,13-15,22-24,29-30,33,36,39,42-50,52-53,55-59,61-62,64-73H2,1-3H3/b10-7-,12-9-,19-16-,20-17-,21-18-,27-25-,28-26-,32-31-,35-34-,38-37-,41-40-,54-51-,63-60-. The van der Waals surface area contributed by atoms with E-state index in [0.717, 1.165) is 116 Å². The van der Waals surface area contributed by atoms with Crippen LogP contribution in [0.1, 0.15) is 290 Å². The van der Waals surface area contributed by atoms with Gasteiger partial charge in [0.15, 0.2) is 6.10 Å². The Morgan fingerprint density at radius 2 is 0.494 bits per heavy atom. The molecule has 0 rings (SSSR count). The highest BCUT2D eigenvalue weighted by Gasteiger charge is 2.19. The lowest BCUT2D eigenvalue weighted by Crippen LogP contribution is -2.30. The molecule has 83 heavy (non-hydrogen) atoms. The minimum atomic E-state index is -0.818. The fourth-order valence-corrected chi connectivity index (χ4v) is 9.00. The summed E-state index contributed by atoms with van der Waals surface area (Å²) in [5.41, 5.74) is 0. The molecule has 0 aliphatic carbocycles. The number of carbonyl (C=O) groups is 3. The zero-order valence-corrected chi connectivity index (χ0v) is 53.7. The van der Waals surface area contributed by atoms with Crippen molar-refractivity contribution in [1.29, 1.82) is 0 Å². The van der Waals surface area contributed by atoms with Crippen molar-refractivity contribution < 1.29 is 28.6 Å². The summed E-state index contributed by atoms with van der Waals surface area (Å²) in [4.78, 5) is 38.3. The first-order valence-electron chi connectivity index (χ1n) is 34.0. The van der Waals surface area contributed by atoms with E-state index in [9.17, 15) is 14.4 Å². The summed E-state index contributed by atoms with van der Waals surface area (Å²) in [5, 5.41) is 0. The lowest BCUT2D eigenvalue weighted by molar-refractivity contribution is -0.166. The second-order valence-corrected chi connectivity index (χ2v) is 22.0. The van der Waals surface area contributed by atoms with Gasteiger partial charge in [0.1, 0.15) is 13.2 Å². The van der Waals surface area contributed by atoms with Crippen molar-refractivity contribution >= 4 is 17.9 Å². The number of carbonyl (C=O) groups excluding carboxylic acids is 3. The molecule has 0 spiro atoms. The molecule has 6 heteroatoms. The quantitative estimate of drug-likeness (QED) is 0.0261. The van der Waals surface area contributed by atoms with Gasteiger partial charge in [0.2, 0.25) is 0 Å². The molecule has 0 amide bonds. The van der Waals surface area contributed by atoms with Gasteiger partial charge in [-0.25, -0.2) is 0 Å². The predicted molar refractivity (Wildman–Crippen MR) is 362 cm³/mol. The summed E-state index contributed by atoms with van der Waals surface area (Å²) in [6.07, 6.45) is 101. The Balaban J connectivity index is 4.31. The SMILES string of the molecule is CC/C=C\C/C=C\C/C=C\C/C=C\C/C=C\C/C=C\C/C=C\CCCCCCCCCCCCCC(=O)OCC(COC(=O)CC/C=C\C/C=C\C/C=C\C/C=C\CC)OC(=O)CCCCCCCCCCC/C=C\C/C=C\CCCCC. The maximum atomic E-state index is 12.9. The molecular weight excluding hydrogens is 1020 g/mol. The summed E-state index contributed by atoms with van der Waals surface area (Å²) in [5.74, 6) is -0.999. The van der Waals surface area contributed by atoms with Crippen LogP contribution in [-0.4, -0.2) is 37.2 Å². The van der Waals surface area contributed by atoms with Crippen LogP contribution in [0.5, 0.6) is 0 Å². The lowest BCUT2D eigenvalue weighted by atomic mass is 10.0. The summed E-state index contributed by atoms with van der Waals surface area (Å²) in [6, 6.07) is 0. The molecule has 0 saturated heterocycles. The zero-order chi connectivity index (χ0) is 59.9. The van der Waals surface area contributed by atoms with E-state index >= 15 is 0 Å². The van der Waals surface area contributed by atoms with E-state index in [0.29, 0.717) is 19.3 Å². The highest BCUT2D eigenvalue weighted by Crippen LogP contribution is 2.16. The van der Waals surface area contributed by atoms with Gasteiger partial charge in [0.25, 0.3) is 0 Å². The molecule has 0 radical (unpaired) electrons. The molecule has 0 aromatic carbocycles. The van der Waals surface area contributed by atoms with Crippen LogP contribution < -0.4 is 0 Å². The highest BCUT2D eigenvalue weighted by atomic mass is 16.6. The minimum absolute atomic E-state index is 0.108. The van der Waals surface area contributed by atoms with Gasteiger partial charge >= 0.3 is 17.9 Å². The van der Waals surface area contributed by atoms with Crippen molar-refractivity contribution in [2.75, 3.05) is 13.2 Å². The monoisotopic (exact) mass is 1140 g/mol. The van der Waals surface area contributed by atoms with Crippen molar-refractivity contribution in [2.45, 2.75) is 297 Å². The molecule has 0 aromatic rings. The number of ether oxygens (including phenoxy) is 3. The van der Waals surface area contributed by atoms with Crippen LogP contribution in [0.4, 0.5) is 0 Å². The van der Waals surface area contributed by atoms with Gasteiger partial charge in [-0.3, -0.25) is 14.4 Å². The molecule has 0 aliphatic heterocycles. The summed E-state index contributed by atoms with van der Waals surface area (Å²) in [7, 11) is 0. The first kappa shape index (κ1) is 78.0. The smallest absolute Gasteiger partial charge is 0.306 e. The van der Waals surface area contributed by atoms with Crippen LogP contribution in [0.2, 0.25) is 0 Å². The number of unbranched alkanes of at least 4 members (excludes halogenated alkanes) is 23. The van der Waals surface area contributed by atoms with E-state index in [1.165, 1.54) is 128 Å². The molecule has 0 fully saturated rings. The maximum Gasteiger partial charge on any atom is 0.306 e. The summed E-state index contributed by atoms with van der Waals surface area (Å²) >= 11 is 0. The van der Waals surface area contributed by atoms with Crippen LogP contribution in [0, 0.1) is 0 Å². The molecule has 6 nitrogen and oxygen atoms in total. The molecule has 0 heterocycles. The van der Waals surface area contributed by atoms with Crippen molar-refractivity contribution in [3.63, 3.8) is 0 Å². The van der Waals surface area contributed by atoms with E-state index < -0.39 is 6.10 Å². The average Bonchev–Trinajstić information content (AvgIpc) is 3.49. The molecule has 0 bridgehead atoms. The number of hydrogen-bond acceptors (Lipinski definition) is 6. The van der Waals surface area contributed by atoms with Crippen molar-refractivity contribution in [3.05, 3.63) is 158 Å². The zero-order valence-electron chi connectivity index (χ0n) is 53.7. The molecule has 0 aromatic heterocycles. The third-order valence-electron chi connectivity index (χ3n) is 14.0. The van der Waals surface area contributed by atoms with E-state index in [1.807, 2.05) is 6.08 Å². The second-order valence-electron chi connectivity index (χ2n) is 22.0. The van der Waals surface area contributed by atoms with E-state index in [-0.39, 0.29) is 37.5 Å². The fourth-order valence-electron chi connectivity index (χ4n) is 9.00. The molecule has 1 unspecified atom stereocenters. The largest absolute Gasteiger partial charge is 0.462 e. The van der Waals surface area contributed by atoms with Crippen LogP contribution in [0.25, 0.3) is 0 Å². The van der Waals surface area contributed by atoms with Crippen LogP contribution in [-0.2, 0) is 28.6 Å². The average molecular weight is 1150 g/mol. The van der Waals surface area contributed by atoms with E-state index in [4.69, 9.17) is 14.2 Å². The van der Waals surface area contributed by atoms with Gasteiger partial charge in [-0.2, -0.15) is 0 Å². The molecule has 0 N–H and O–H groups in total. The molecule has 0 saturated carbocycles. The van der Waals surface area contributed by atoms with Gasteiger partial charge in [-0.15, -0.1) is 0 Å². The Hall–Kier alpha value is -4.97. The first-order chi connectivity index (χ1) is 41.0. The Morgan fingerprint density at radius 1 is 0.253 bits per heavy atom. The van der Waals surface area contributed by atoms with Crippen molar-refractivity contribution in [3.8, 4) is 0 Å². The van der Waals surface area contributed by atoms with Gasteiger partial charge in [0.05, 0.1) is 0 Å². The van der Waals surface area contributed by atoms with Crippen LogP contribution >= 0.6 is 0 Å². The summed E-state index contributed by atoms with van der Waals surface area (Å²) < 4.78 is 16.9. The first-order valence-corrected chi connectivity index (χ1v) is 34.0. The molecule has 1 atom stereocenters. The van der Waals surface area contributed by atoms with Gasteiger partial charge in [-0.05, 0) is 135 Å². The number of allylic oxidation sites excluding steroid dienone is 26. The topological polar surface area (TPSA) is 78.9 Å². The Labute approximate surface area is 511 Å². The number of hydrogen-bond donors (Lipinski definition) is 0. The van der Waals surface area contributed by atoms with E-state index in [1.54, 1.807) is 0 Å². The van der Waals surface area contributed by atoms with Crippen LogP contribution in [0.15, 0.2) is 158 Å². The van der Waals surface area contributed by atoms with Gasteiger partial charge in [0, 0.05) is 19.3 Å². The molecule has 0 aliphatic rings. The maximum absolute atomic E-state index is 12.9. The Bertz CT molecular complexity index is 1840. The normalized spacial score (nSPS) is 13.1. The van der Waals surface area contributed by atoms with Crippen molar-refractivity contribution in [2.24, 2.45) is 0 Å². The Kier molecular flexibility index (Phi) is 65.4. The highest BCUT2D eigenvalue weighted by molar-refractivity contribution is 5.71. The Morgan fingerprint density at radius 3 is 0.807 bits per heavy atom. The predicted octanol–water partition coefficient (Wildman–Crippen LogP) is 23.7. The lowest BCUT2D eigenvalue weighted by Gasteiger charge is -2.18. The third-order valence-corrected chi connectivity index (χ3v) is 14.0. The number of rotatable bonds is 60. The third kappa shape index (κ3) is 67.7. The second kappa shape index (κ2) is 69.5. The van der Waals surface area contributed by atoms with E-state index in [2.05, 4.69) is 173 Å². The van der Waals surface area contributed by atoms with Crippen molar-refractivity contribution in [1.82, 2.24) is 0 Å². The fraction of sp³-hybridized carbons (Fsp3) is 0.623. The molecule has 468 valence electrons. The van der Waals surface area contributed by atoms with Gasteiger partial charge in [-0.1, -0.05) is 294 Å². The van der Waals surface area contributed by atoms with Crippen LogP contribution in [0.3, 0.4) is 0 Å². The molecular formula is C77H124O6. The number of esters is 3.